The predicted molar refractivity (Wildman–Crippen MR) is 79.6 cm³/mol. The molecule has 0 aliphatic heterocycles. The number of hydrogen-bond donors (Lipinski definition) is 2. The molecule has 19 heavy (non-hydrogen) atoms. The fraction of sp³-hybridized carbons (Fsp3) is 0.462. The smallest absolute Gasteiger partial charge is 0.235 e. The molecule has 0 spiro atoms. The van der Waals surface area contributed by atoms with Gasteiger partial charge in [0.25, 0.3) is 0 Å². The van der Waals surface area contributed by atoms with E-state index < -0.39 is 16.0 Å². The van der Waals surface area contributed by atoms with Crippen LogP contribution in [0.3, 0.4) is 0 Å². The molecule has 0 saturated carbocycles. The van der Waals surface area contributed by atoms with Crippen molar-refractivity contribution < 1.29 is 9.00 Å². The lowest BCUT2D eigenvalue weighted by molar-refractivity contribution is -0.120. The van der Waals surface area contributed by atoms with Crippen molar-refractivity contribution in [1.29, 1.82) is 0 Å². The molecule has 2 atom stereocenters. The van der Waals surface area contributed by atoms with Crippen LogP contribution in [0.15, 0.2) is 23.1 Å². The quantitative estimate of drug-likeness (QED) is 0.819. The molecular weight excluding hydrogens is 284 g/mol. The molecule has 3 N–H and O–H groups in total. The van der Waals surface area contributed by atoms with Crippen molar-refractivity contribution in [2.45, 2.75) is 30.9 Å². The summed E-state index contributed by atoms with van der Waals surface area (Å²) >= 11 is 5.79. The third kappa shape index (κ3) is 4.51. The van der Waals surface area contributed by atoms with Crippen LogP contribution in [0.1, 0.15) is 20.8 Å². The monoisotopic (exact) mass is 302 g/mol. The van der Waals surface area contributed by atoms with E-state index in [-0.39, 0.29) is 5.91 Å². The molecule has 1 rings (SSSR count). The van der Waals surface area contributed by atoms with Gasteiger partial charge in [-0.15, -0.1) is 0 Å². The lowest BCUT2D eigenvalue weighted by Gasteiger charge is -2.14. The molecular formula is C13H19ClN2O2S. The number of hydrogen-bond acceptors (Lipinski definition) is 3. The first-order valence-electron chi connectivity index (χ1n) is 6.06. The summed E-state index contributed by atoms with van der Waals surface area (Å²) in [6.45, 7) is 6.19. The number of benzene rings is 1. The van der Waals surface area contributed by atoms with Gasteiger partial charge in [-0.05, 0) is 31.0 Å². The van der Waals surface area contributed by atoms with E-state index in [0.29, 0.717) is 28.1 Å². The van der Waals surface area contributed by atoms with E-state index >= 15 is 0 Å². The molecule has 0 aliphatic rings. The number of anilines is 1. The van der Waals surface area contributed by atoms with E-state index in [2.05, 4.69) is 5.32 Å². The molecule has 1 amide bonds. The maximum absolute atomic E-state index is 12.3. The minimum Gasteiger partial charge on any atom is -0.398 e. The molecule has 4 nitrogen and oxygen atoms in total. The van der Waals surface area contributed by atoms with E-state index in [1.807, 2.05) is 13.8 Å². The SMILES string of the molecule is CC(C)CNC(=O)C(C)S(=O)c1ccc(Cl)cc1N. The molecule has 2 unspecified atom stereocenters. The van der Waals surface area contributed by atoms with Crippen LogP contribution in [-0.2, 0) is 15.6 Å². The Labute approximate surface area is 121 Å². The summed E-state index contributed by atoms with van der Waals surface area (Å²) in [4.78, 5) is 12.3. The van der Waals surface area contributed by atoms with Crippen molar-refractivity contribution in [3.05, 3.63) is 23.2 Å². The Kier molecular flexibility index (Phi) is 5.82. The van der Waals surface area contributed by atoms with Crippen molar-refractivity contribution >= 4 is 34.0 Å². The molecule has 6 heteroatoms. The number of carbonyl (C=O) groups is 1. The number of amides is 1. The Morgan fingerprint density at radius 2 is 2.05 bits per heavy atom. The van der Waals surface area contributed by atoms with Gasteiger partial charge in [-0.2, -0.15) is 0 Å². The Morgan fingerprint density at radius 3 is 2.58 bits per heavy atom. The maximum Gasteiger partial charge on any atom is 0.235 e. The molecule has 0 aliphatic carbocycles. The Morgan fingerprint density at radius 1 is 1.42 bits per heavy atom. The molecule has 1 aromatic rings. The Balaban J connectivity index is 2.79. The summed E-state index contributed by atoms with van der Waals surface area (Å²) in [5.41, 5.74) is 6.12. The maximum atomic E-state index is 12.3. The van der Waals surface area contributed by atoms with Crippen LogP contribution in [0.2, 0.25) is 5.02 Å². The van der Waals surface area contributed by atoms with Crippen molar-refractivity contribution in [2.24, 2.45) is 5.92 Å². The summed E-state index contributed by atoms with van der Waals surface area (Å²) in [7, 11) is -1.49. The van der Waals surface area contributed by atoms with Gasteiger partial charge in [0, 0.05) is 17.3 Å². The number of nitrogens with one attached hydrogen (secondary N) is 1. The van der Waals surface area contributed by atoms with Gasteiger partial charge >= 0.3 is 0 Å². The fourth-order valence-corrected chi connectivity index (χ4v) is 2.77. The largest absolute Gasteiger partial charge is 0.398 e. The molecule has 106 valence electrons. The first kappa shape index (κ1) is 16.0. The first-order chi connectivity index (χ1) is 8.82. The van der Waals surface area contributed by atoms with Crippen LogP contribution in [-0.4, -0.2) is 21.9 Å². The van der Waals surface area contributed by atoms with Gasteiger partial charge < -0.3 is 11.1 Å². The normalized spacial score (nSPS) is 14.2. The van der Waals surface area contributed by atoms with Crippen LogP contribution in [0.5, 0.6) is 0 Å². The second-order valence-electron chi connectivity index (χ2n) is 4.76. The summed E-state index contributed by atoms with van der Waals surface area (Å²) in [6, 6.07) is 4.75. The minimum atomic E-state index is -1.49. The van der Waals surface area contributed by atoms with Gasteiger partial charge in [0.2, 0.25) is 5.91 Å². The van der Waals surface area contributed by atoms with E-state index in [4.69, 9.17) is 17.3 Å². The third-order valence-corrected chi connectivity index (χ3v) is 4.46. The van der Waals surface area contributed by atoms with Crippen LogP contribution in [0.25, 0.3) is 0 Å². The molecule has 0 bridgehead atoms. The van der Waals surface area contributed by atoms with Crippen LogP contribution >= 0.6 is 11.6 Å². The summed E-state index contributed by atoms with van der Waals surface area (Å²) in [5.74, 6) is 0.117. The highest BCUT2D eigenvalue weighted by Gasteiger charge is 2.22. The van der Waals surface area contributed by atoms with Crippen molar-refractivity contribution in [3.8, 4) is 0 Å². The molecule has 0 fully saturated rings. The van der Waals surface area contributed by atoms with Gasteiger partial charge in [0.05, 0.1) is 15.7 Å². The molecule has 0 heterocycles. The average molecular weight is 303 g/mol. The van der Waals surface area contributed by atoms with Crippen LogP contribution < -0.4 is 11.1 Å². The number of nitrogen functional groups attached to an aromatic ring is 1. The fourth-order valence-electron chi connectivity index (χ4n) is 1.44. The van der Waals surface area contributed by atoms with E-state index in [0.717, 1.165) is 0 Å². The van der Waals surface area contributed by atoms with Gasteiger partial charge in [0.1, 0.15) is 5.25 Å². The Bertz CT molecular complexity index is 492. The molecule has 0 saturated heterocycles. The molecule has 0 aromatic heterocycles. The highest BCUT2D eigenvalue weighted by molar-refractivity contribution is 7.86. The summed E-state index contributed by atoms with van der Waals surface area (Å²) in [6.07, 6.45) is 0. The second-order valence-corrected chi connectivity index (χ2v) is 6.94. The van der Waals surface area contributed by atoms with Gasteiger partial charge in [-0.25, -0.2) is 0 Å². The van der Waals surface area contributed by atoms with E-state index in [1.165, 1.54) is 6.07 Å². The molecule has 0 radical (unpaired) electrons. The minimum absolute atomic E-state index is 0.235. The van der Waals surface area contributed by atoms with E-state index in [9.17, 15) is 9.00 Å². The second kappa shape index (κ2) is 6.91. The zero-order valence-electron chi connectivity index (χ0n) is 11.3. The van der Waals surface area contributed by atoms with Crippen LogP contribution in [0.4, 0.5) is 5.69 Å². The van der Waals surface area contributed by atoms with Gasteiger partial charge in [-0.1, -0.05) is 25.4 Å². The van der Waals surface area contributed by atoms with E-state index in [1.54, 1.807) is 19.1 Å². The van der Waals surface area contributed by atoms with Crippen molar-refractivity contribution in [1.82, 2.24) is 5.32 Å². The number of nitrogens with two attached hydrogens (primary N) is 1. The average Bonchev–Trinajstić information content (AvgIpc) is 2.34. The van der Waals surface area contributed by atoms with Gasteiger partial charge in [-0.3, -0.25) is 9.00 Å². The lowest BCUT2D eigenvalue weighted by atomic mass is 10.2. The van der Waals surface area contributed by atoms with Gasteiger partial charge in [0.15, 0.2) is 0 Å². The molecule has 1 aromatic carbocycles. The third-order valence-electron chi connectivity index (χ3n) is 2.56. The summed E-state index contributed by atoms with van der Waals surface area (Å²) in [5, 5.41) is 2.60. The predicted octanol–water partition coefficient (Wildman–Crippen LogP) is 2.19. The zero-order valence-corrected chi connectivity index (χ0v) is 12.8. The number of rotatable bonds is 5. The van der Waals surface area contributed by atoms with Crippen molar-refractivity contribution in [2.75, 3.05) is 12.3 Å². The first-order valence-corrected chi connectivity index (χ1v) is 7.65. The Hall–Kier alpha value is -1.07. The van der Waals surface area contributed by atoms with Crippen molar-refractivity contribution in [3.63, 3.8) is 0 Å². The lowest BCUT2D eigenvalue weighted by Crippen LogP contribution is -2.37. The number of halogens is 1. The number of carbonyl (C=O) groups excluding carboxylic acids is 1. The summed E-state index contributed by atoms with van der Waals surface area (Å²) < 4.78 is 12.3. The zero-order chi connectivity index (χ0) is 14.6. The topological polar surface area (TPSA) is 72.2 Å². The highest BCUT2D eigenvalue weighted by atomic mass is 35.5. The highest BCUT2D eigenvalue weighted by Crippen LogP contribution is 2.23. The standard InChI is InChI=1S/C13H19ClN2O2S/c1-8(2)7-16-13(17)9(3)19(18)12-5-4-10(14)6-11(12)15/h4-6,8-9H,7,15H2,1-3H3,(H,16,17). The van der Waals surface area contributed by atoms with Crippen LogP contribution in [0, 0.1) is 5.92 Å².